The summed E-state index contributed by atoms with van der Waals surface area (Å²) in [5.74, 6) is 10.1. The molecule has 0 fully saturated rings. The van der Waals surface area contributed by atoms with Gasteiger partial charge in [-0.1, -0.05) is 24.3 Å². The molecule has 0 bridgehead atoms. The molecule has 1 heterocycles. The first-order chi connectivity index (χ1) is 15.5. The molecule has 3 rings (SSSR count). The van der Waals surface area contributed by atoms with Gasteiger partial charge < -0.3 is 10.6 Å². The van der Waals surface area contributed by atoms with Gasteiger partial charge in [0, 0.05) is 12.6 Å². The average molecular weight is 437 g/mol. The molecule has 0 saturated heterocycles. The molecule has 0 saturated carbocycles. The highest BCUT2D eigenvalue weighted by Gasteiger charge is 2.12. The van der Waals surface area contributed by atoms with Crippen molar-refractivity contribution in [1.29, 1.82) is 0 Å². The average Bonchev–Trinajstić information content (AvgIpc) is 2.79. The molecule has 0 radical (unpaired) electrons. The highest BCUT2D eigenvalue weighted by atomic mass is 19.1. The Hall–Kier alpha value is -4.38. The fraction of sp³-hybridized carbons (Fsp3) is 0.0952. The van der Waals surface area contributed by atoms with E-state index in [9.17, 15) is 14.0 Å². The maximum absolute atomic E-state index is 13.3. The minimum absolute atomic E-state index is 0.0300. The molecule has 0 atom stereocenters. The number of aromatic nitrogens is 2. The Labute approximate surface area is 182 Å². The van der Waals surface area contributed by atoms with Crippen LogP contribution in [0.15, 0.2) is 60.9 Å². The Morgan fingerprint density at radius 3 is 2.50 bits per heavy atom. The predicted octanol–water partition coefficient (Wildman–Crippen LogP) is -1.11. The molecule has 0 aliphatic heterocycles. The van der Waals surface area contributed by atoms with Gasteiger partial charge in [-0.3, -0.25) is 15.4 Å². The van der Waals surface area contributed by atoms with Crippen molar-refractivity contribution in [3.05, 3.63) is 89.1 Å². The van der Waals surface area contributed by atoms with E-state index in [1.807, 2.05) is 12.1 Å². The predicted molar refractivity (Wildman–Crippen MR) is 115 cm³/mol. The molecule has 0 aliphatic carbocycles. The van der Waals surface area contributed by atoms with Crippen LogP contribution in [0.25, 0.3) is 0 Å². The number of hydrazone groups is 1. The molecule has 32 heavy (non-hydrogen) atoms. The molecular formula is C21H22FN8O2+. The summed E-state index contributed by atoms with van der Waals surface area (Å²) in [5.41, 5.74) is 4.65. The number of anilines is 1. The van der Waals surface area contributed by atoms with E-state index in [4.69, 9.17) is 11.7 Å². The van der Waals surface area contributed by atoms with E-state index < -0.39 is 17.6 Å². The summed E-state index contributed by atoms with van der Waals surface area (Å²) in [6, 6.07) is 14.3. The van der Waals surface area contributed by atoms with Gasteiger partial charge in [-0.15, -0.1) is 0 Å². The Bertz CT molecular complexity index is 1130. The van der Waals surface area contributed by atoms with Crippen molar-refractivity contribution in [3.8, 4) is 0 Å². The summed E-state index contributed by atoms with van der Waals surface area (Å²) in [6.07, 6.45) is 1.15. The minimum Gasteiger partial charge on any atom is -0.347 e. The summed E-state index contributed by atoms with van der Waals surface area (Å²) >= 11 is 0. The molecule has 1 aromatic heterocycles. The Balaban J connectivity index is 1.57. The Kier molecular flexibility index (Phi) is 7.38. The fourth-order valence-corrected chi connectivity index (χ4v) is 2.84. The molecular weight excluding hydrogens is 415 g/mol. The van der Waals surface area contributed by atoms with Crippen LogP contribution in [0.3, 0.4) is 0 Å². The first-order valence-electron chi connectivity index (χ1n) is 9.52. The maximum atomic E-state index is 13.3. The van der Waals surface area contributed by atoms with Crippen molar-refractivity contribution in [2.24, 2.45) is 11.7 Å². The van der Waals surface area contributed by atoms with Crippen LogP contribution >= 0.6 is 0 Å². The maximum Gasteiger partial charge on any atom is 0.315 e. The summed E-state index contributed by atoms with van der Waals surface area (Å²) in [4.78, 5) is 32.5. The van der Waals surface area contributed by atoms with Gasteiger partial charge in [-0.25, -0.2) is 14.4 Å². The van der Waals surface area contributed by atoms with Crippen molar-refractivity contribution in [3.63, 3.8) is 0 Å². The second kappa shape index (κ2) is 10.6. The van der Waals surface area contributed by atoms with Crippen LogP contribution < -0.4 is 32.8 Å². The number of halogens is 1. The minimum atomic E-state index is -0.434. The zero-order chi connectivity index (χ0) is 22.9. The lowest BCUT2D eigenvalue weighted by atomic mass is 10.1. The first-order valence-corrected chi connectivity index (χ1v) is 9.52. The third kappa shape index (κ3) is 6.06. The summed E-state index contributed by atoms with van der Waals surface area (Å²) in [7, 11) is 0. The quantitative estimate of drug-likeness (QED) is 0.118. The van der Waals surface area contributed by atoms with Gasteiger partial charge in [-0.05, 0) is 35.4 Å². The second-order valence-corrected chi connectivity index (χ2v) is 6.69. The molecule has 0 aliphatic rings. The lowest BCUT2D eigenvalue weighted by molar-refractivity contribution is -0.471. The largest absolute Gasteiger partial charge is 0.347 e. The van der Waals surface area contributed by atoms with Crippen LogP contribution in [0.5, 0.6) is 0 Å². The first kappa shape index (κ1) is 22.3. The van der Waals surface area contributed by atoms with Crippen molar-refractivity contribution >= 4 is 23.5 Å². The Morgan fingerprint density at radius 1 is 1.03 bits per heavy atom. The molecule has 3 aromatic rings. The molecule has 2 amide bonds. The molecule has 0 spiro atoms. The van der Waals surface area contributed by atoms with Crippen LogP contribution in [0.1, 0.15) is 27.2 Å². The smallest absolute Gasteiger partial charge is 0.315 e. The van der Waals surface area contributed by atoms with E-state index in [1.54, 1.807) is 18.2 Å². The summed E-state index contributed by atoms with van der Waals surface area (Å²) in [6.45, 7) is 0.256. The van der Waals surface area contributed by atoms with E-state index in [0.29, 0.717) is 11.4 Å². The van der Waals surface area contributed by atoms with Crippen molar-refractivity contribution in [2.75, 3.05) is 5.32 Å². The standard InChI is InChI=1S/C21H21FN8O2/c22-16-3-1-2-14(8-16)9-19(31)28-18-10-17(26-12-27-18)21(32)25-11-13-4-6-15(7-5-13)20(29-23)30-24/h1-8,10,12H,9,11,23-24H2,(H,25,32)(H,29,30)(H,26,27,28,31)/p+1. The van der Waals surface area contributed by atoms with Crippen LogP contribution in [-0.4, -0.2) is 27.6 Å². The number of nitrogens with one attached hydrogen (secondary N) is 4. The highest BCUT2D eigenvalue weighted by molar-refractivity contribution is 5.95. The number of carbonyl (C=O) groups is 2. The number of amides is 2. The van der Waals surface area contributed by atoms with Gasteiger partial charge in [0.25, 0.3) is 5.91 Å². The van der Waals surface area contributed by atoms with Crippen LogP contribution in [0.4, 0.5) is 10.2 Å². The summed E-state index contributed by atoms with van der Waals surface area (Å²) in [5, 5.41) is 7.77. The lowest BCUT2D eigenvalue weighted by Gasteiger charge is -2.08. The van der Waals surface area contributed by atoms with Gasteiger partial charge in [0.1, 0.15) is 23.7 Å². The number of hydrogen-bond acceptors (Lipinski definition) is 6. The van der Waals surface area contributed by atoms with E-state index >= 15 is 0 Å². The number of nitrogens with two attached hydrogens (primary N) is 2. The molecule has 10 nitrogen and oxygen atoms in total. The molecule has 2 aromatic carbocycles. The number of benzene rings is 2. The van der Waals surface area contributed by atoms with Crippen molar-refractivity contribution < 1.29 is 19.1 Å². The number of rotatable bonds is 7. The van der Waals surface area contributed by atoms with Crippen LogP contribution in [0.2, 0.25) is 0 Å². The van der Waals surface area contributed by atoms with Crippen molar-refractivity contribution in [1.82, 2.24) is 20.7 Å². The SMILES string of the molecule is NN/C(=[NH+]\N)c1ccc(CNC(=O)c2cc(NC(=O)Cc3cccc(F)c3)ncn2)cc1. The normalized spacial score (nSPS) is 11.0. The van der Waals surface area contributed by atoms with Gasteiger partial charge in [0.05, 0.1) is 12.0 Å². The fourth-order valence-electron chi connectivity index (χ4n) is 2.84. The van der Waals surface area contributed by atoms with Gasteiger partial charge in [0.2, 0.25) is 5.91 Å². The van der Waals surface area contributed by atoms with Gasteiger partial charge in [-0.2, -0.15) is 16.4 Å². The highest BCUT2D eigenvalue weighted by Crippen LogP contribution is 2.09. The van der Waals surface area contributed by atoms with Gasteiger partial charge >= 0.3 is 5.84 Å². The van der Waals surface area contributed by atoms with E-state index in [1.165, 1.54) is 30.6 Å². The molecule has 164 valence electrons. The van der Waals surface area contributed by atoms with Gasteiger partial charge in [0.15, 0.2) is 0 Å². The number of carbonyl (C=O) groups excluding carboxylic acids is 2. The van der Waals surface area contributed by atoms with E-state index in [2.05, 4.69) is 31.1 Å². The number of hydrogen-bond donors (Lipinski definition) is 6. The monoisotopic (exact) mass is 437 g/mol. The van der Waals surface area contributed by atoms with Crippen LogP contribution in [-0.2, 0) is 17.8 Å². The third-order valence-corrected chi connectivity index (χ3v) is 4.41. The number of nitrogens with zero attached hydrogens (tertiary/aromatic N) is 2. The zero-order valence-electron chi connectivity index (χ0n) is 16.9. The third-order valence-electron chi connectivity index (χ3n) is 4.41. The lowest BCUT2D eigenvalue weighted by Crippen LogP contribution is -2.83. The van der Waals surface area contributed by atoms with Crippen molar-refractivity contribution in [2.45, 2.75) is 13.0 Å². The number of amidine groups is 1. The van der Waals surface area contributed by atoms with Crippen LogP contribution in [0, 0.1) is 5.82 Å². The number of hydrazine groups is 2. The Morgan fingerprint density at radius 2 is 1.81 bits per heavy atom. The molecule has 8 N–H and O–H groups in total. The summed E-state index contributed by atoms with van der Waals surface area (Å²) < 4.78 is 13.3. The second-order valence-electron chi connectivity index (χ2n) is 6.69. The topological polar surface area (TPSA) is 162 Å². The molecule has 11 heteroatoms. The van der Waals surface area contributed by atoms with E-state index in [-0.39, 0.29) is 24.5 Å². The molecule has 0 unspecified atom stereocenters. The zero-order valence-corrected chi connectivity index (χ0v) is 16.9. The van der Waals surface area contributed by atoms with E-state index in [0.717, 1.165) is 11.1 Å².